The number of methoxy groups -OCH3 is 1. The highest BCUT2D eigenvalue weighted by atomic mass is 16.7. The van der Waals surface area contributed by atoms with E-state index in [1.54, 1.807) is 0 Å². The number of hydrogen-bond acceptors (Lipinski definition) is 4. The Morgan fingerprint density at radius 1 is 1.24 bits per heavy atom. The maximum Gasteiger partial charge on any atom is 0.490 e. The monoisotopic (exact) mass is 240 g/mol. The van der Waals surface area contributed by atoms with E-state index >= 15 is 0 Å². The maximum atomic E-state index is 11.3. The Balaban J connectivity index is 2.79. The number of esters is 1. The molecule has 0 saturated carbocycles. The van der Waals surface area contributed by atoms with Gasteiger partial charge in [-0.25, -0.2) is 0 Å². The van der Waals surface area contributed by atoms with E-state index in [1.165, 1.54) is 7.11 Å². The summed E-state index contributed by atoms with van der Waals surface area (Å²) in [6.45, 7) is 9.80. The Bertz CT molecular complexity index is 317. The summed E-state index contributed by atoms with van der Waals surface area (Å²) in [7, 11) is 0.906. The Labute approximate surface area is 103 Å². The molecule has 1 rings (SSSR count). The summed E-state index contributed by atoms with van der Waals surface area (Å²) in [6, 6.07) is 0. The van der Waals surface area contributed by atoms with Gasteiger partial charge in [-0.3, -0.25) is 4.79 Å². The van der Waals surface area contributed by atoms with Gasteiger partial charge in [0.15, 0.2) is 0 Å². The molecule has 0 amide bonds. The van der Waals surface area contributed by atoms with Crippen molar-refractivity contribution in [2.24, 2.45) is 0 Å². The van der Waals surface area contributed by atoms with Crippen molar-refractivity contribution in [2.75, 3.05) is 7.11 Å². The molecule has 0 unspecified atom stereocenters. The lowest BCUT2D eigenvalue weighted by atomic mass is 9.76. The molecule has 0 aromatic rings. The molecular weight excluding hydrogens is 219 g/mol. The maximum absolute atomic E-state index is 11.3. The van der Waals surface area contributed by atoms with Gasteiger partial charge in [0.1, 0.15) is 0 Å². The predicted octanol–water partition coefficient (Wildman–Crippen LogP) is 2.13. The van der Waals surface area contributed by atoms with Gasteiger partial charge in [-0.2, -0.15) is 0 Å². The molecule has 1 aliphatic heterocycles. The van der Waals surface area contributed by atoms with Gasteiger partial charge in [0.25, 0.3) is 0 Å². The molecule has 1 aliphatic rings. The van der Waals surface area contributed by atoms with Crippen molar-refractivity contribution in [3.8, 4) is 0 Å². The lowest BCUT2D eigenvalue weighted by molar-refractivity contribution is -0.139. The van der Waals surface area contributed by atoms with E-state index in [4.69, 9.17) is 9.31 Å². The van der Waals surface area contributed by atoms with Crippen LogP contribution in [-0.2, 0) is 18.8 Å². The van der Waals surface area contributed by atoms with Crippen LogP contribution < -0.4 is 0 Å². The average molecular weight is 240 g/mol. The second-order valence-electron chi connectivity index (χ2n) is 5.20. The van der Waals surface area contributed by atoms with Gasteiger partial charge in [-0.1, -0.05) is 6.08 Å². The third-order valence-electron chi connectivity index (χ3n) is 3.50. The highest BCUT2D eigenvalue weighted by Crippen LogP contribution is 2.38. The summed E-state index contributed by atoms with van der Waals surface area (Å²) in [6.07, 6.45) is 2.04. The molecule has 0 N–H and O–H groups in total. The highest BCUT2D eigenvalue weighted by molar-refractivity contribution is 6.55. The minimum absolute atomic E-state index is 0.198. The molecule has 1 heterocycles. The standard InChI is InChI=1S/C12H21BO4/c1-7-9(8-10(14)15-6)13-16-11(2,3)12(4,5)17-13/h7H,8H2,1-6H3/b9-7-. The third kappa shape index (κ3) is 2.90. The summed E-state index contributed by atoms with van der Waals surface area (Å²) in [5, 5.41) is 0. The van der Waals surface area contributed by atoms with Gasteiger partial charge in [0.2, 0.25) is 0 Å². The van der Waals surface area contributed by atoms with Crippen LogP contribution in [0.2, 0.25) is 0 Å². The van der Waals surface area contributed by atoms with E-state index in [1.807, 2.05) is 40.7 Å². The minimum Gasteiger partial charge on any atom is -0.469 e. The van der Waals surface area contributed by atoms with Crippen molar-refractivity contribution in [2.45, 2.75) is 52.2 Å². The van der Waals surface area contributed by atoms with E-state index in [2.05, 4.69) is 4.74 Å². The van der Waals surface area contributed by atoms with E-state index in [0.29, 0.717) is 0 Å². The quantitative estimate of drug-likeness (QED) is 0.560. The predicted molar refractivity (Wildman–Crippen MR) is 66.5 cm³/mol. The van der Waals surface area contributed by atoms with Crippen LogP contribution in [0.4, 0.5) is 0 Å². The van der Waals surface area contributed by atoms with E-state index in [9.17, 15) is 4.79 Å². The molecule has 0 aliphatic carbocycles. The number of carbonyl (C=O) groups is 1. The number of allylic oxidation sites excluding steroid dienone is 1. The number of carbonyl (C=O) groups excluding carboxylic acids is 1. The second kappa shape index (κ2) is 4.82. The smallest absolute Gasteiger partial charge is 0.469 e. The van der Waals surface area contributed by atoms with Crippen LogP contribution in [0, 0.1) is 0 Å². The van der Waals surface area contributed by atoms with Crippen LogP contribution in [0.15, 0.2) is 11.5 Å². The van der Waals surface area contributed by atoms with Gasteiger partial charge >= 0.3 is 13.1 Å². The van der Waals surface area contributed by atoms with Crippen molar-refractivity contribution in [1.82, 2.24) is 0 Å². The SMILES string of the molecule is C/C=C(/CC(=O)OC)B1OC(C)(C)C(C)(C)O1. The summed E-state index contributed by atoms with van der Waals surface area (Å²) in [5.74, 6) is -0.284. The summed E-state index contributed by atoms with van der Waals surface area (Å²) in [4.78, 5) is 11.3. The fourth-order valence-corrected chi connectivity index (χ4v) is 1.55. The molecule has 0 atom stereocenters. The zero-order valence-electron chi connectivity index (χ0n) is 11.5. The lowest BCUT2D eigenvalue weighted by Gasteiger charge is -2.32. The van der Waals surface area contributed by atoms with Gasteiger partial charge in [-0.05, 0) is 40.1 Å². The molecule has 0 aromatic heterocycles. The Morgan fingerprint density at radius 2 is 1.71 bits per heavy atom. The Morgan fingerprint density at radius 3 is 2.06 bits per heavy atom. The first kappa shape index (κ1) is 14.3. The molecule has 96 valence electrons. The van der Waals surface area contributed by atoms with Crippen LogP contribution in [0.5, 0.6) is 0 Å². The van der Waals surface area contributed by atoms with Crippen LogP contribution in [0.3, 0.4) is 0 Å². The van der Waals surface area contributed by atoms with Crippen molar-refractivity contribution in [3.63, 3.8) is 0 Å². The van der Waals surface area contributed by atoms with E-state index in [-0.39, 0.29) is 23.6 Å². The molecule has 1 saturated heterocycles. The van der Waals surface area contributed by atoms with Crippen LogP contribution >= 0.6 is 0 Å². The number of hydrogen-bond donors (Lipinski definition) is 0. The molecular formula is C12H21BO4. The molecule has 1 fully saturated rings. The molecule has 5 heteroatoms. The summed E-state index contributed by atoms with van der Waals surface area (Å²) < 4.78 is 16.4. The zero-order valence-corrected chi connectivity index (χ0v) is 11.5. The molecule has 0 aromatic carbocycles. The van der Waals surface area contributed by atoms with Crippen LogP contribution in [0.25, 0.3) is 0 Å². The van der Waals surface area contributed by atoms with Gasteiger partial charge < -0.3 is 14.0 Å². The van der Waals surface area contributed by atoms with Crippen molar-refractivity contribution in [3.05, 3.63) is 11.5 Å². The molecule has 0 bridgehead atoms. The molecule has 0 radical (unpaired) electrons. The Hall–Kier alpha value is -0.805. The van der Waals surface area contributed by atoms with Crippen LogP contribution in [0.1, 0.15) is 41.0 Å². The minimum atomic E-state index is -0.468. The molecule has 0 spiro atoms. The van der Waals surface area contributed by atoms with E-state index in [0.717, 1.165) is 5.47 Å². The first-order valence-electron chi connectivity index (χ1n) is 5.81. The average Bonchev–Trinajstić information content (AvgIpc) is 2.44. The van der Waals surface area contributed by atoms with Crippen molar-refractivity contribution in [1.29, 1.82) is 0 Å². The first-order chi connectivity index (χ1) is 7.73. The Kier molecular flexibility index (Phi) is 4.04. The van der Waals surface area contributed by atoms with E-state index < -0.39 is 7.12 Å². The van der Waals surface area contributed by atoms with Gasteiger partial charge in [0, 0.05) is 0 Å². The number of rotatable bonds is 3. The van der Waals surface area contributed by atoms with Crippen LogP contribution in [-0.4, -0.2) is 31.4 Å². The van der Waals surface area contributed by atoms with Crippen molar-refractivity contribution >= 4 is 13.1 Å². The number of ether oxygens (including phenoxy) is 1. The molecule has 4 nitrogen and oxygen atoms in total. The van der Waals surface area contributed by atoms with Gasteiger partial charge in [-0.15, -0.1) is 0 Å². The zero-order chi connectivity index (χ0) is 13.3. The third-order valence-corrected chi connectivity index (χ3v) is 3.50. The van der Waals surface area contributed by atoms with Gasteiger partial charge in [0.05, 0.1) is 24.7 Å². The van der Waals surface area contributed by atoms with Crippen molar-refractivity contribution < 1.29 is 18.8 Å². The first-order valence-corrected chi connectivity index (χ1v) is 5.81. The fourth-order valence-electron chi connectivity index (χ4n) is 1.55. The lowest BCUT2D eigenvalue weighted by Crippen LogP contribution is -2.41. The topological polar surface area (TPSA) is 44.8 Å². The molecule has 17 heavy (non-hydrogen) atoms. The summed E-state index contributed by atoms with van der Waals surface area (Å²) >= 11 is 0. The normalized spacial score (nSPS) is 22.7. The largest absolute Gasteiger partial charge is 0.490 e. The second-order valence-corrected chi connectivity index (χ2v) is 5.20. The fraction of sp³-hybridized carbons (Fsp3) is 0.750. The summed E-state index contributed by atoms with van der Waals surface area (Å²) in [5.41, 5.74) is 0.0277. The highest BCUT2D eigenvalue weighted by Gasteiger charge is 2.52.